The minimum atomic E-state index is -2.13. The number of benzene rings is 1. The number of halogens is 2. The van der Waals surface area contributed by atoms with Crippen LogP contribution >= 0.6 is 15.9 Å². The van der Waals surface area contributed by atoms with Crippen LogP contribution in [0.4, 0.5) is 4.39 Å². The maximum absolute atomic E-state index is 15.8. The van der Waals surface area contributed by atoms with Crippen LogP contribution in [0.15, 0.2) is 45.8 Å². The number of imidazole rings is 1. The van der Waals surface area contributed by atoms with Crippen LogP contribution in [-0.2, 0) is 5.60 Å². The van der Waals surface area contributed by atoms with E-state index in [1.165, 1.54) is 25.4 Å². The fraction of sp³-hybridized carbons (Fsp3) is 0.269. The van der Waals surface area contributed by atoms with Gasteiger partial charge in [-0.3, -0.25) is 0 Å². The SMILES string of the molecule is Cc1nc(Br)cc(C(O)(c2ncccn2)c2cc(-c3c(C)noc3C)cc3c2nc(C2CC2)n3N)c1F. The average Bonchev–Trinajstić information content (AvgIpc) is 3.60. The first kappa shape index (κ1) is 23.7. The van der Waals surface area contributed by atoms with E-state index in [0.29, 0.717) is 38.5 Å². The minimum Gasteiger partial charge on any atom is -0.373 e. The van der Waals surface area contributed by atoms with Crippen molar-refractivity contribution in [2.45, 2.75) is 45.1 Å². The standard InChI is InChI=1S/C26H23BrFN7O2/c1-12-21(14(3)37-34-12)16-9-18(23-19(10-16)35(29)24(33-23)15-5-6-15)26(36,25-30-7-4-8-31-25)17-11-20(27)32-13(2)22(17)28/h4,7-11,15,36H,5-6,29H2,1-3H3. The molecule has 1 saturated carbocycles. The van der Waals surface area contributed by atoms with Crippen molar-refractivity contribution < 1.29 is 14.0 Å². The number of nitrogens with zero attached hydrogens (tertiary/aromatic N) is 6. The molecule has 3 N–H and O–H groups in total. The molecule has 1 aromatic carbocycles. The van der Waals surface area contributed by atoms with Gasteiger partial charge in [-0.25, -0.2) is 29.0 Å². The monoisotopic (exact) mass is 563 g/mol. The molecule has 1 aliphatic rings. The van der Waals surface area contributed by atoms with E-state index in [0.717, 1.165) is 18.4 Å². The first-order chi connectivity index (χ1) is 17.7. The zero-order valence-electron chi connectivity index (χ0n) is 20.3. The molecular weight excluding hydrogens is 541 g/mol. The molecule has 37 heavy (non-hydrogen) atoms. The predicted octanol–water partition coefficient (Wildman–Crippen LogP) is 4.58. The Balaban J connectivity index is 1.77. The molecule has 6 rings (SSSR count). The molecular formula is C26H23BrFN7O2. The quantitative estimate of drug-likeness (QED) is 0.235. The van der Waals surface area contributed by atoms with E-state index in [-0.39, 0.29) is 28.6 Å². The van der Waals surface area contributed by atoms with Crippen LogP contribution in [0, 0.1) is 26.6 Å². The molecule has 4 aromatic heterocycles. The molecule has 5 aromatic rings. The van der Waals surface area contributed by atoms with Gasteiger partial charge in [0.2, 0.25) is 0 Å². The Kier molecular flexibility index (Phi) is 5.39. The Bertz CT molecular complexity index is 1660. The summed E-state index contributed by atoms with van der Waals surface area (Å²) in [6.45, 7) is 5.18. The molecule has 1 atom stereocenters. The van der Waals surface area contributed by atoms with E-state index < -0.39 is 11.4 Å². The Morgan fingerprint density at radius 1 is 1.08 bits per heavy atom. The first-order valence-corrected chi connectivity index (χ1v) is 12.6. The third-order valence-electron chi connectivity index (χ3n) is 6.85. The topological polar surface area (TPSA) is 129 Å². The first-order valence-electron chi connectivity index (χ1n) is 11.8. The van der Waals surface area contributed by atoms with Crippen LogP contribution in [0.5, 0.6) is 0 Å². The van der Waals surface area contributed by atoms with Gasteiger partial charge in [-0.2, -0.15) is 0 Å². The summed E-state index contributed by atoms with van der Waals surface area (Å²) < 4.78 is 23.1. The highest BCUT2D eigenvalue weighted by Crippen LogP contribution is 2.45. The lowest BCUT2D eigenvalue weighted by atomic mass is 9.82. The fourth-order valence-electron chi connectivity index (χ4n) is 4.91. The van der Waals surface area contributed by atoms with Crippen molar-refractivity contribution >= 4 is 27.0 Å². The van der Waals surface area contributed by atoms with Crippen molar-refractivity contribution in [3.05, 3.63) is 87.0 Å². The van der Waals surface area contributed by atoms with Crippen molar-refractivity contribution in [3.63, 3.8) is 0 Å². The highest BCUT2D eigenvalue weighted by Gasteiger charge is 2.43. The van der Waals surface area contributed by atoms with Gasteiger partial charge in [-0.15, -0.1) is 0 Å². The van der Waals surface area contributed by atoms with Crippen molar-refractivity contribution in [2.24, 2.45) is 0 Å². The van der Waals surface area contributed by atoms with E-state index in [1.807, 2.05) is 19.9 Å². The number of aromatic nitrogens is 6. The summed E-state index contributed by atoms with van der Waals surface area (Å²) in [4.78, 5) is 17.7. The molecule has 11 heteroatoms. The Morgan fingerprint density at radius 3 is 2.46 bits per heavy atom. The maximum Gasteiger partial charge on any atom is 0.180 e. The number of aliphatic hydroxyl groups is 1. The largest absolute Gasteiger partial charge is 0.373 e. The second-order valence-corrected chi connectivity index (χ2v) is 10.2. The molecule has 0 radical (unpaired) electrons. The molecule has 1 aliphatic carbocycles. The number of rotatable bonds is 5. The number of hydrogen-bond acceptors (Lipinski definition) is 8. The Hall–Kier alpha value is -3.70. The zero-order valence-corrected chi connectivity index (χ0v) is 21.9. The van der Waals surface area contributed by atoms with Crippen LogP contribution in [0.3, 0.4) is 0 Å². The van der Waals surface area contributed by atoms with Crippen LogP contribution in [-0.4, -0.2) is 34.9 Å². The van der Waals surface area contributed by atoms with Gasteiger partial charge in [-0.05, 0) is 79.4 Å². The van der Waals surface area contributed by atoms with E-state index in [4.69, 9.17) is 15.3 Å². The predicted molar refractivity (Wildman–Crippen MR) is 138 cm³/mol. The smallest absolute Gasteiger partial charge is 0.180 e. The summed E-state index contributed by atoms with van der Waals surface area (Å²) in [5.41, 5.74) is 1.32. The average molecular weight is 564 g/mol. The zero-order chi connectivity index (χ0) is 26.1. The molecule has 188 valence electrons. The summed E-state index contributed by atoms with van der Waals surface area (Å²) in [7, 11) is 0. The van der Waals surface area contributed by atoms with Gasteiger partial charge in [0.25, 0.3) is 0 Å². The third kappa shape index (κ3) is 3.64. The number of pyridine rings is 1. The molecule has 4 heterocycles. The number of nitrogen functional groups attached to an aromatic ring is 1. The van der Waals surface area contributed by atoms with Gasteiger partial charge in [0.05, 0.1) is 22.4 Å². The summed E-state index contributed by atoms with van der Waals surface area (Å²) in [5.74, 6) is 7.40. The van der Waals surface area contributed by atoms with Gasteiger partial charge in [0.15, 0.2) is 17.2 Å². The molecule has 0 spiro atoms. The van der Waals surface area contributed by atoms with Gasteiger partial charge < -0.3 is 15.5 Å². The van der Waals surface area contributed by atoms with Gasteiger partial charge in [0.1, 0.15) is 16.2 Å². The number of hydrogen-bond donors (Lipinski definition) is 2. The van der Waals surface area contributed by atoms with Crippen LogP contribution in [0.2, 0.25) is 0 Å². The lowest BCUT2D eigenvalue weighted by molar-refractivity contribution is 0.112. The van der Waals surface area contributed by atoms with Gasteiger partial charge in [-0.1, -0.05) is 5.16 Å². The molecule has 0 amide bonds. The van der Waals surface area contributed by atoms with Gasteiger partial charge >= 0.3 is 0 Å². The lowest BCUT2D eigenvalue weighted by Gasteiger charge is -2.29. The third-order valence-corrected chi connectivity index (χ3v) is 7.25. The normalized spacial score (nSPS) is 15.3. The van der Waals surface area contributed by atoms with Crippen LogP contribution in [0.1, 0.15) is 58.7 Å². The molecule has 9 nitrogen and oxygen atoms in total. The molecule has 0 saturated heterocycles. The highest BCUT2D eigenvalue weighted by molar-refractivity contribution is 9.10. The molecule has 1 fully saturated rings. The Morgan fingerprint density at radius 2 is 1.81 bits per heavy atom. The van der Waals surface area contributed by atoms with E-state index >= 15 is 4.39 Å². The van der Waals surface area contributed by atoms with E-state index in [1.54, 1.807) is 16.8 Å². The highest BCUT2D eigenvalue weighted by atomic mass is 79.9. The summed E-state index contributed by atoms with van der Waals surface area (Å²) in [6, 6.07) is 6.72. The van der Waals surface area contributed by atoms with Crippen molar-refractivity contribution in [1.29, 1.82) is 0 Å². The molecule has 0 bridgehead atoms. The molecule has 0 aliphatic heterocycles. The number of nitrogens with two attached hydrogens (primary N) is 1. The number of fused-ring (bicyclic) bond motifs is 1. The second kappa shape index (κ2) is 8.42. The maximum atomic E-state index is 15.8. The number of aryl methyl sites for hydroxylation is 3. The van der Waals surface area contributed by atoms with Crippen molar-refractivity contribution in [2.75, 3.05) is 5.84 Å². The van der Waals surface area contributed by atoms with E-state index in [2.05, 4.69) is 36.0 Å². The van der Waals surface area contributed by atoms with Crippen LogP contribution < -0.4 is 5.84 Å². The molecule has 1 unspecified atom stereocenters. The Labute approximate surface area is 219 Å². The summed E-state index contributed by atoms with van der Waals surface area (Å²) >= 11 is 3.35. The summed E-state index contributed by atoms with van der Waals surface area (Å²) in [5, 5.41) is 16.7. The van der Waals surface area contributed by atoms with Crippen LogP contribution in [0.25, 0.3) is 22.2 Å². The van der Waals surface area contributed by atoms with Gasteiger partial charge in [0, 0.05) is 35.0 Å². The minimum absolute atomic E-state index is 0.0110. The lowest BCUT2D eigenvalue weighted by Crippen LogP contribution is -2.33. The summed E-state index contributed by atoms with van der Waals surface area (Å²) in [6.07, 6.45) is 4.95. The van der Waals surface area contributed by atoms with E-state index in [9.17, 15) is 5.11 Å². The van der Waals surface area contributed by atoms with Crippen molar-refractivity contribution in [3.8, 4) is 11.1 Å². The fourth-order valence-corrected chi connectivity index (χ4v) is 5.41. The second-order valence-electron chi connectivity index (χ2n) is 9.38. The van der Waals surface area contributed by atoms with Crippen molar-refractivity contribution in [1.82, 2.24) is 29.8 Å².